The highest BCUT2D eigenvalue weighted by Crippen LogP contribution is 2.32. The molecule has 1 aliphatic rings. The molecule has 1 aromatic carbocycles. The Morgan fingerprint density at radius 2 is 2.04 bits per heavy atom. The van der Waals surface area contributed by atoms with Gasteiger partial charge in [-0.2, -0.15) is 0 Å². The number of aryl methyl sites for hydroxylation is 1. The van der Waals surface area contributed by atoms with Crippen LogP contribution in [-0.4, -0.2) is 34.3 Å². The van der Waals surface area contributed by atoms with E-state index in [2.05, 4.69) is 32.6 Å². The minimum Gasteiger partial charge on any atom is -0.366 e. The molecule has 1 fully saturated rings. The average Bonchev–Trinajstić information content (AvgIpc) is 2.82. The highest BCUT2D eigenvalue weighted by molar-refractivity contribution is 8.14. The number of primary amides is 1. The van der Waals surface area contributed by atoms with E-state index in [1.807, 2.05) is 30.8 Å². The summed E-state index contributed by atoms with van der Waals surface area (Å²) in [7, 11) is 0. The largest absolute Gasteiger partial charge is 0.366 e. The molecular formula is C19H29N3OS. The summed E-state index contributed by atoms with van der Waals surface area (Å²) in [6, 6.07) is 6.03. The Morgan fingerprint density at radius 1 is 1.33 bits per heavy atom. The second-order valence-electron chi connectivity index (χ2n) is 7.40. The monoisotopic (exact) mass is 347 g/mol. The summed E-state index contributed by atoms with van der Waals surface area (Å²) in [6.45, 7) is 12.1. The number of benzene rings is 1. The van der Waals surface area contributed by atoms with E-state index in [4.69, 9.17) is 10.7 Å². The Balaban J connectivity index is 2.28. The van der Waals surface area contributed by atoms with Crippen LogP contribution in [0, 0.1) is 18.8 Å². The van der Waals surface area contributed by atoms with Gasteiger partial charge in [0.15, 0.2) is 5.17 Å². The van der Waals surface area contributed by atoms with Crippen molar-refractivity contribution in [2.45, 2.75) is 47.1 Å². The number of carbonyl (C=O) groups excluding carboxylic acids is 1. The Morgan fingerprint density at radius 3 is 2.58 bits per heavy atom. The van der Waals surface area contributed by atoms with E-state index in [9.17, 15) is 4.79 Å². The molecule has 1 atom stereocenters. The lowest BCUT2D eigenvalue weighted by Crippen LogP contribution is -2.37. The van der Waals surface area contributed by atoms with Gasteiger partial charge in [0, 0.05) is 23.9 Å². The van der Waals surface area contributed by atoms with Gasteiger partial charge in [-0.05, 0) is 48.9 Å². The van der Waals surface area contributed by atoms with Crippen LogP contribution < -0.4 is 5.73 Å². The van der Waals surface area contributed by atoms with E-state index in [1.165, 1.54) is 6.42 Å². The van der Waals surface area contributed by atoms with Crippen LogP contribution in [0.5, 0.6) is 0 Å². The third kappa shape index (κ3) is 4.76. The van der Waals surface area contributed by atoms with Gasteiger partial charge in [-0.3, -0.25) is 4.79 Å². The van der Waals surface area contributed by atoms with Crippen molar-refractivity contribution in [3.8, 4) is 0 Å². The van der Waals surface area contributed by atoms with E-state index in [0.717, 1.165) is 28.7 Å². The second kappa shape index (κ2) is 8.06. The Hall–Kier alpha value is -1.49. The standard InChI is InChI=1S/C19H29N3OS/c1-12(2)8-16-11-24-19(22(16)10-13(3)4)21-17-7-6-15(18(20)23)9-14(17)5/h6-7,9,12-13,16H,8,10-11H2,1-5H3,(H2,20,23). The number of hydrogen-bond acceptors (Lipinski definition) is 3. The fourth-order valence-corrected chi connectivity index (χ4v) is 4.20. The molecule has 1 saturated heterocycles. The van der Waals surface area contributed by atoms with Gasteiger partial charge < -0.3 is 10.6 Å². The van der Waals surface area contributed by atoms with Crippen LogP contribution in [0.3, 0.4) is 0 Å². The van der Waals surface area contributed by atoms with Crippen molar-refractivity contribution in [2.75, 3.05) is 12.3 Å². The van der Waals surface area contributed by atoms with Gasteiger partial charge in [0.2, 0.25) is 5.91 Å². The van der Waals surface area contributed by atoms with Crippen LogP contribution in [0.15, 0.2) is 23.2 Å². The molecule has 0 spiro atoms. The molecule has 1 heterocycles. The third-order valence-corrected chi connectivity index (χ3v) is 5.23. The lowest BCUT2D eigenvalue weighted by Gasteiger charge is -2.29. The molecule has 4 nitrogen and oxygen atoms in total. The highest BCUT2D eigenvalue weighted by atomic mass is 32.2. The maximum Gasteiger partial charge on any atom is 0.248 e. The summed E-state index contributed by atoms with van der Waals surface area (Å²) in [4.78, 5) is 18.7. The van der Waals surface area contributed by atoms with Gasteiger partial charge in [-0.1, -0.05) is 39.5 Å². The van der Waals surface area contributed by atoms with Crippen molar-refractivity contribution in [3.05, 3.63) is 29.3 Å². The molecule has 24 heavy (non-hydrogen) atoms. The third-order valence-electron chi connectivity index (χ3n) is 4.09. The van der Waals surface area contributed by atoms with Crippen molar-refractivity contribution in [1.29, 1.82) is 0 Å². The van der Waals surface area contributed by atoms with E-state index in [1.54, 1.807) is 6.07 Å². The maximum atomic E-state index is 11.3. The van der Waals surface area contributed by atoms with Gasteiger partial charge in [-0.15, -0.1) is 0 Å². The number of amidine groups is 1. The predicted molar refractivity (Wildman–Crippen MR) is 104 cm³/mol. The molecule has 0 saturated carbocycles. The zero-order valence-electron chi connectivity index (χ0n) is 15.4. The van der Waals surface area contributed by atoms with Crippen molar-refractivity contribution >= 4 is 28.5 Å². The topological polar surface area (TPSA) is 58.7 Å². The fourth-order valence-electron chi connectivity index (χ4n) is 2.99. The minimum atomic E-state index is -0.397. The first-order valence-corrected chi connectivity index (χ1v) is 9.65. The van der Waals surface area contributed by atoms with E-state index in [0.29, 0.717) is 23.4 Å². The summed E-state index contributed by atoms with van der Waals surface area (Å²) < 4.78 is 0. The normalized spacial score (nSPS) is 19.7. The molecule has 1 unspecified atom stereocenters. The molecule has 2 rings (SSSR count). The van der Waals surface area contributed by atoms with Crippen LogP contribution >= 0.6 is 11.8 Å². The Kier molecular flexibility index (Phi) is 6.33. The number of hydrogen-bond donors (Lipinski definition) is 1. The Labute approximate surface area is 149 Å². The molecular weight excluding hydrogens is 318 g/mol. The summed E-state index contributed by atoms with van der Waals surface area (Å²) >= 11 is 1.84. The number of carbonyl (C=O) groups is 1. The summed E-state index contributed by atoms with van der Waals surface area (Å²) in [5, 5.41) is 1.10. The molecule has 0 bridgehead atoms. The van der Waals surface area contributed by atoms with Gasteiger partial charge >= 0.3 is 0 Å². The van der Waals surface area contributed by atoms with Crippen molar-refractivity contribution in [1.82, 2.24) is 4.90 Å². The minimum absolute atomic E-state index is 0.397. The zero-order valence-corrected chi connectivity index (χ0v) is 16.2. The first-order chi connectivity index (χ1) is 11.3. The number of rotatable bonds is 6. The van der Waals surface area contributed by atoms with Crippen LogP contribution in [0.25, 0.3) is 0 Å². The SMILES string of the molecule is Cc1cc(C(N)=O)ccc1N=C1SCC(CC(C)C)N1CC(C)C. The van der Waals surface area contributed by atoms with Crippen molar-refractivity contribution < 1.29 is 4.79 Å². The smallest absolute Gasteiger partial charge is 0.248 e. The van der Waals surface area contributed by atoms with Gasteiger partial charge in [-0.25, -0.2) is 4.99 Å². The second-order valence-corrected chi connectivity index (χ2v) is 8.39. The lowest BCUT2D eigenvalue weighted by atomic mass is 10.0. The molecule has 132 valence electrons. The molecule has 0 aliphatic carbocycles. The highest BCUT2D eigenvalue weighted by Gasteiger charge is 2.31. The van der Waals surface area contributed by atoms with E-state index >= 15 is 0 Å². The molecule has 0 radical (unpaired) electrons. The molecule has 1 aromatic rings. The summed E-state index contributed by atoms with van der Waals surface area (Å²) in [5.74, 6) is 1.98. The summed E-state index contributed by atoms with van der Waals surface area (Å²) in [6.07, 6.45) is 1.19. The first-order valence-electron chi connectivity index (χ1n) is 8.66. The fraction of sp³-hybridized carbons (Fsp3) is 0.579. The molecule has 2 N–H and O–H groups in total. The number of nitrogens with zero attached hydrogens (tertiary/aromatic N) is 2. The molecule has 5 heteroatoms. The van der Waals surface area contributed by atoms with Crippen molar-refractivity contribution in [3.63, 3.8) is 0 Å². The van der Waals surface area contributed by atoms with Crippen LogP contribution in [-0.2, 0) is 0 Å². The summed E-state index contributed by atoms with van der Waals surface area (Å²) in [5.41, 5.74) is 7.79. The number of thioether (sulfide) groups is 1. The van der Waals surface area contributed by atoms with Crippen molar-refractivity contribution in [2.24, 2.45) is 22.6 Å². The number of amides is 1. The van der Waals surface area contributed by atoms with Gasteiger partial charge in [0.05, 0.1) is 5.69 Å². The van der Waals surface area contributed by atoms with Crippen LogP contribution in [0.1, 0.15) is 50.0 Å². The van der Waals surface area contributed by atoms with E-state index < -0.39 is 5.91 Å². The Bertz CT molecular complexity index is 625. The quantitative estimate of drug-likeness (QED) is 0.839. The van der Waals surface area contributed by atoms with Gasteiger partial charge in [0.25, 0.3) is 0 Å². The number of nitrogens with two attached hydrogens (primary N) is 1. The molecule has 0 aromatic heterocycles. The predicted octanol–water partition coefficient (Wildman–Crippen LogP) is 4.20. The van der Waals surface area contributed by atoms with Gasteiger partial charge in [0.1, 0.15) is 0 Å². The molecule has 1 aliphatic heterocycles. The van der Waals surface area contributed by atoms with Crippen LogP contribution in [0.2, 0.25) is 0 Å². The average molecular weight is 348 g/mol. The first kappa shape index (κ1) is 18.8. The van der Waals surface area contributed by atoms with Crippen LogP contribution in [0.4, 0.5) is 5.69 Å². The lowest BCUT2D eigenvalue weighted by molar-refractivity contribution is 0.1000. The maximum absolute atomic E-state index is 11.3. The molecule has 1 amide bonds. The number of aliphatic imine (C=N–C) groups is 1. The van der Waals surface area contributed by atoms with E-state index in [-0.39, 0.29) is 0 Å². The zero-order chi connectivity index (χ0) is 17.9.